The molecule has 0 radical (unpaired) electrons. The lowest BCUT2D eigenvalue weighted by atomic mass is 9.97. The molecule has 0 aliphatic carbocycles. The number of para-hydroxylation sites is 2. The molecule has 0 spiro atoms. The summed E-state index contributed by atoms with van der Waals surface area (Å²) in [6.07, 6.45) is 0.238. The predicted octanol–water partition coefficient (Wildman–Crippen LogP) is 1.68. The van der Waals surface area contributed by atoms with Crippen molar-refractivity contribution in [2.24, 2.45) is 5.92 Å². The highest BCUT2D eigenvalue weighted by molar-refractivity contribution is 5.39. The fraction of sp³-hybridized carbons (Fsp3) is 0.500. The molecule has 0 saturated carbocycles. The van der Waals surface area contributed by atoms with Crippen molar-refractivity contribution in [2.45, 2.75) is 13.0 Å². The van der Waals surface area contributed by atoms with E-state index < -0.39 is 0 Å². The number of hydrogen-bond acceptors (Lipinski definition) is 3. The molecular weight excluding hydrogens is 190 g/mol. The Morgan fingerprint density at radius 2 is 1.93 bits per heavy atom. The van der Waals surface area contributed by atoms with Crippen LogP contribution in [0, 0.1) is 5.92 Å². The first-order chi connectivity index (χ1) is 7.31. The second-order valence-corrected chi connectivity index (χ2v) is 3.89. The van der Waals surface area contributed by atoms with Gasteiger partial charge in [0, 0.05) is 19.0 Å². The summed E-state index contributed by atoms with van der Waals surface area (Å²) in [5, 5.41) is 3.25. The first-order valence-corrected chi connectivity index (χ1v) is 5.31. The van der Waals surface area contributed by atoms with Gasteiger partial charge in [0.15, 0.2) is 11.5 Å². The van der Waals surface area contributed by atoms with Crippen LogP contribution in [0.25, 0.3) is 0 Å². The Morgan fingerprint density at radius 1 is 1.27 bits per heavy atom. The van der Waals surface area contributed by atoms with Crippen molar-refractivity contribution in [1.29, 1.82) is 0 Å². The number of methoxy groups -OCH3 is 1. The number of hydrogen-bond donors (Lipinski definition) is 1. The van der Waals surface area contributed by atoms with Gasteiger partial charge in [0.2, 0.25) is 0 Å². The van der Waals surface area contributed by atoms with E-state index in [1.807, 2.05) is 24.3 Å². The third-order valence-electron chi connectivity index (χ3n) is 2.86. The van der Waals surface area contributed by atoms with Crippen molar-refractivity contribution >= 4 is 0 Å². The minimum absolute atomic E-state index is 0.238. The van der Waals surface area contributed by atoms with Crippen molar-refractivity contribution < 1.29 is 9.47 Å². The number of nitrogens with one attached hydrogen (secondary N) is 1. The molecule has 1 saturated heterocycles. The van der Waals surface area contributed by atoms with E-state index in [1.54, 1.807) is 7.11 Å². The normalized spacial score (nSPS) is 18.0. The Bertz CT molecular complexity index is 323. The van der Waals surface area contributed by atoms with Gasteiger partial charge in [-0.1, -0.05) is 12.1 Å². The highest BCUT2D eigenvalue weighted by atomic mass is 16.5. The Balaban J connectivity index is 2.02. The van der Waals surface area contributed by atoms with Gasteiger partial charge in [0.1, 0.15) is 6.10 Å². The molecule has 0 aromatic heterocycles. The largest absolute Gasteiger partial charge is 0.493 e. The Labute approximate surface area is 90.4 Å². The second-order valence-electron chi connectivity index (χ2n) is 3.89. The fourth-order valence-electron chi connectivity index (χ4n) is 1.66. The van der Waals surface area contributed by atoms with E-state index in [2.05, 4.69) is 12.2 Å². The summed E-state index contributed by atoms with van der Waals surface area (Å²) in [5.74, 6) is 2.26. The van der Waals surface area contributed by atoms with Gasteiger partial charge in [-0.05, 0) is 19.1 Å². The van der Waals surface area contributed by atoms with Crippen LogP contribution in [0.15, 0.2) is 24.3 Å². The molecule has 1 unspecified atom stereocenters. The molecule has 1 heterocycles. The zero-order valence-corrected chi connectivity index (χ0v) is 9.19. The van der Waals surface area contributed by atoms with Crippen molar-refractivity contribution in [2.75, 3.05) is 20.2 Å². The van der Waals surface area contributed by atoms with E-state index in [9.17, 15) is 0 Å². The lowest BCUT2D eigenvalue weighted by Crippen LogP contribution is -2.49. The van der Waals surface area contributed by atoms with Gasteiger partial charge in [-0.25, -0.2) is 0 Å². The van der Waals surface area contributed by atoms with Gasteiger partial charge in [-0.3, -0.25) is 0 Å². The topological polar surface area (TPSA) is 30.5 Å². The van der Waals surface area contributed by atoms with Crippen molar-refractivity contribution in [3.8, 4) is 11.5 Å². The van der Waals surface area contributed by atoms with Crippen LogP contribution < -0.4 is 14.8 Å². The maximum Gasteiger partial charge on any atom is 0.161 e. The third-order valence-corrected chi connectivity index (χ3v) is 2.86. The molecule has 1 N–H and O–H groups in total. The second kappa shape index (κ2) is 4.53. The minimum Gasteiger partial charge on any atom is -0.493 e. The highest BCUT2D eigenvalue weighted by Crippen LogP contribution is 2.28. The van der Waals surface area contributed by atoms with Crippen molar-refractivity contribution in [1.82, 2.24) is 5.32 Å². The van der Waals surface area contributed by atoms with Gasteiger partial charge in [-0.15, -0.1) is 0 Å². The minimum atomic E-state index is 0.238. The first kappa shape index (κ1) is 10.3. The number of benzene rings is 1. The molecule has 15 heavy (non-hydrogen) atoms. The van der Waals surface area contributed by atoms with E-state index in [4.69, 9.17) is 9.47 Å². The predicted molar refractivity (Wildman–Crippen MR) is 59.4 cm³/mol. The SMILES string of the molecule is COc1ccccc1OC(C)C1CNC1. The molecule has 3 heteroatoms. The van der Waals surface area contributed by atoms with Crippen LogP contribution in [0.4, 0.5) is 0 Å². The maximum atomic E-state index is 5.88. The molecule has 0 amide bonds. The smallest absolute Gasteiger partial charge is 0.161 e. The monoisotopic (exact) mass is 207 g/mol. The molecule has 1 atom stereocenters. The number of rotatable bonds is 4. The molecule has 3 nitrogen and oxygen atoms in total. The zero-order chi connectivity index (χ0) is 10.7. The van der Waals surface area contributed by atoms with E-state index >= 15 is 0 Å². The number of ether oxygens (including phenoxy) is 2. The van der Waals surface area contributed by atoms with Crippen LogP contribution in [0.5, 0.6) is 11.5 Å². The van der Waals surface area contributed by atoms with Gasteiger partial charge in [0.25, 0.3) is 0 Å². The van der Waals surface area contributed by atoms with Crippen molar-refractivity contribution in [3.63, 3.8) is 0 Å². The van der Waals surface area contributed by atoms with Gasteiger partial charge in [-0.2, -0.15) is 0 Å². The summed E-state index contributed by atoms with van der Waals surface area (Å²) in [7, 11) is 1.66. The van der Waals surface area contributed by atoms with E-state index in [-0.39, 0.29) is 6.10 Å². The fourth-order valence-corrected chi connectivity index (χ4v) is 1.66. The van der Waals surface area contributed by atoms with Gasteiger partial charge in [0.05, 0.1) is 7.11 Å². The average Bonchev–Trinajstić information content (AvgIpc) is 2.15. The molecule has 2 rings (SSSR count). The summed E-state index contributed by atoms with van der Waals surface area (Å²) < 4.78 is 11.1. The lowest BCUT2D eigenvalue weighted by molar-refractivity contribution is 0.111. The summed E-state index contributed by atoms with van der Waals surface area (Å²) in [6.45, 7) is 4.21. The summed E-state index contributed by atoms with van der Waals surface area (Å²) in [4.78, 5) is 0. The zero-order valence-electron chi connectivity index (χ0n) is 9.19. The standard InChI is InChI=1S/C12H17NO2/c1-9(10-7-13-8-10)15-12-6-4-3-5-11(12)14-2/h3-6,9-10,13H,7-8H2,1-2H3. The highest BCUT2D eigenvalue weighted by Gasteiger charge is 2.25. The van der Waals surface area contributed by atoms with Gasteiger partial charge >= 0.3 is 0 Å². The molecule has 1 aromatic rings. The molecule has 82 valence electrons. The van der Waals surface area contributed by atoms with Crippen LogP contribution in [0.1, 0.15) is 6.92 Å². The quantitative estimate of drug-likeness (QED) is 0.815. The van der Waals surface area contributed by atoms with Crippen LogP contribution in [-0.4, -0.2) is 26.3 Å². The van der Waals surface area contributed by atoms with Crippen LogP contribution in [0.2, 0.25) is 0 Å². The maximum absolute atomic E-state index is 5.88. The Kier molecular flexibility index (Phi) is 3.11. The lowest BCUT2D eigenvalue weighted by Gasteiger charge is -2.32. The molecule has 1 aliphatic heterocycles. The third kappa shape index (κ3) is 2.23. The van der Waals surface area contributed by atoms with E-state index in [0.29, 0.717) is 5.92 Å². The summed E-state index contributed by atoms with van der Waals surface area (Å²) in [6, 6.07) is 7.77. The first-order valence-electron chi connectivity index (χ1n) is 5.31. The van der Waals surface area contributed by atoms with Crippen molar-refractivity contribution in [3.05, 3.63) is 24.3 Å². The molecule has 1 aliphatic rings. The summed E-state index contributed by atoms with van der Waals surface area (Å²) >= 11 is 0. The van der Waals surface area contributed by atoms with Crippen LogP contribution >= 0.6 is 0 Å². The van der Waals surface area contributed by atoms with Crippen LogP contribution in [-0.2, 0) is 0 Å². The van der Waals surface area contributed by atoms with Crippen LogP contribution in [0.3, 0.4) is 0 Å². The van der Waals surface area contributed by atoms with E-state index in [0.717, 1.165) is 24.6 Å². The van der Waals surface area contributed by atoms with Gasteiger partial charge < -0.3 is 14.8 Å². The average molecular weight is 207 g/mol. The Morgan fingerprint density at radius 3 is 2.47 bits per heavy atom. The summed E-state index contributed by atoms with van der Waals surface area (Å²) in [5.41, 5.74) is 0. The molecule has 0 bridgehead atoms. The molecule has 1 fully saturated rings. The van der Waals surface area contributed by atoms with E-state index in [1.165, 1.54) is 0 Å². The molecular formula is C12H17NO2. The Hall–Kier alpha value is -1.22. The molecule has 1 aromatic carbocycles.